The third-order valence-electron chi connectivity index (χ3n) is 1.78. The minimum atomic E-state index is 0.421. The van der Waals surface area contributed by atoms with E-state index >= 15 is 0 Å². The molecule has 0 amide bonds. The first-order valence-corrected chi connectivity index (χ1v) is 4.86. The van der Waals surface area contributed by atoms with E-state index in [0.29, 0.717) is 21.7 Å². The number of rotatable bonds is 2. The first-order valence-electron chi connectivity index (χ1n) is 4.11. The third kappa shape index (κ3) is 1.88. The number of hydrogen-bond acceptors (Lipinski definition) is 4. The lowest BCUT2D eigenvalue weighted by Gasteiger charge is -2.07. The van der Waals surface area contributed by atoms with E-state index in [4.69, 9.17) is 23.2 Å². The van der Waals surface area contributed by atoms with Crippen LogP contribution in [-0.4, -0.2) is 26.8 Å². The number of anilines is 1. The second-order valence-corrected chi connectivity index (χ2v) is 3.53. The molecule has 2 rings (SSSR count). The zero-order valence-electron chi connectivity index (χ0n) is 7.78. The van der Waals surface area contributed by atoms with Crippen LogP contribution >= 0.6 is 23.2 Å². The van der Waals surface area contributed by atoms with Gasteiger partial charge in [0.1, 0.15) is 18.5 Å². The van der Waals surface area contributed by atoms with Crippen molar-refractivity contribution in [2.75, 3.05) is 12.4 Å². The molecule has 2 aromatic rings. The molecule has 0 atom stereocenters. The minimum Gasteiger partial charge on any atom is -0.372 e. The molecule has 0 fully saturated rings. The summed E-state index contributed by atoms with van der Waals surface area (Å²) in [6, 6.07) is 1.61. The van der Waals surface area contributed by atoms with Crippen molar-refractivity contribution < 1.29 is 0 Å². The van der Waals surface area contributed by atoms with Crippen LogP contribution in [0.5, 0.6) is 0 Å². The Morgan fingerprint density at radius 3 is 2.73 bits per heavy atom. The van der Waals surface area contributed by atoms with Crippen molar-refractivity contribution in [3.8, 4) is 5.82 Å². The summed E-state index contributed by atoms with van der Waals surface area (Å²) in [5.74, 6) is 1.04. The summed E-state index contributed by atoms with van der Waals surface area (Å²) >= 11 is 11.9. The smallest absolute Gasteiger partial charge is 0.176 e. The molecule has 15 heavy (non-hydrogen) atoms. The minimum absolute atomic E-state index is 0.421. The van der Waals surface area contributed by atoms with Gasteiger partial charge in [-0.05, 0) is 6.07 Å². The molecule has 0 aromatic carbocycles. The van der Waals surface area contributed by atoms with Crippen LogP contribution in [0.2, 0.25) is 10.0 Å². The lowest BCUT2D eigenvalue weighted by Crippen LogP contribution is -2.02. The SMILES string of the molecule is CNc1nc(-n2cncn2)c(Cl)cc1Cl. The van der Waals surface area contributed by atoms with Crippen LogP contribution in [0.1, 0.15) is 0 Å². The van der Waals surface area contributed by atoms with Crippen molar-refractivity contribution in [3.05, 3.63) is 28.8 Å². The fourth-order valence-corrected chi connectivity index (χ4v) is 1.65. The maximum absolute atomic E-state index is 5.99. The Bertz CT molecular complexity index is 468. The van der Waals surface area contributed by atoms with Crippen molar-refractivity contribution in [1.82, 2.24) is 19.7 Å². The second-order valence-electron chi connectivity index (χ2n) is 2.71. The fourth-order valence-electron chi connectivity index (χ4n) is 1.11. The van der Waals surface area contributed by atoms with Gasteiger partial charge in [0.05, 0.1) is 10.0 Å². The third-order valence-corrected chi connectivity index (χ3v) is 2.35. The lowest BCUT2D eigenvalue weighted by molar-refractivity contribution is 0.846. The summed E-state index contributed by atoms with van der Waals surface area (Å²) in [5, 5.41) is 7.69. The highest BCUT2D eigenvalue weighted by atomic mass is 35.5. The summed E-state index contributed by atoms with van der Waals surface area (Å²) in [7, 11) is 1.73. The zero-order chi connectivity index (χ0) is 10.8. The topological polar surface area (TPSA) is 55.6 Å². The van der Waals surface area contributed by atoms with Crippen molar-refractivity contribution in [3.63, 3.8) is 0 Å². The largest absolute Gasteiger partial charge is 0.372 e. The Kier molecular flexibility index (Phi) is 2.75. The van der Waals surface area contributed by atoms with Gasteiger partial charge in [0.15, 0.2) is 5.82 Å². The van der Waals surface area contributed by atoms with Crippen LogP contribution in [0.25, 0.3) is 5.82 Å². The molecule has 2 heterocycles. The highest BCUT2D eigenvalue weighted by molar-refractivity contribution is 6.36. The zero-order valence-corrected chi connectivity index (χ0v) is 9.29. The molecule has 78 valence electrons. The van der Waals surface area contributed by atoms with Crippen LogP contribution in [0.15, 0.2) is 18.7 Å². The highest BCUT2D eigenvalue weighted by Crippen LogP contribution is 2.27. The fraction of sp³-hybridized carbons (Fsp3) is 0.125. The van der Waals surface area contributed by atoms with Crippen LogP contribution in [0, 0.1) is 0 Å². The van der Waals surface area contributed by atoms with Gasteiger partial charge in [-0.1, -0.05) is 23.2 Å². The van der Waals surface area contributed by atoms with E-state index in [2.05, 4.69) is 20.4 Å². The van der Waals surface area contributed by atoms with Crippen LogP contribution < -0.4 is 5.32 Å². The van der Waals surface area contributed by atoms with Gasteiger partial charge in [0.25, 0.3) is 0 Å². The first kappa shape index (κ1) is 10.2. The monoisotopic (exact) mass is 243 g/mol. The molecule has 0 spiro atoms. The molecular weight excluding hydrogens is 237 g/mol. The predicted octanol–water partition coefficient (Wildman–Crippen LogP) is 2.01. The van der Waals surface area contributed by atoms with Gasteiger partial charge in [0, 0.05) is 7.05 Å². The van der Waals surface area contributed by atoms with E-state index in [9.17, 15) is 0 Å². The van der Waals surface area contributed by atoms with E-state index < -0.39 is 0 Å². The van der Waals surface area contributed by atoms with E-state index in [1.807, 2.05) is 0 Å². The van der Waals surface area contributed by atoms with Crippen molar-refractivity contribution in [2.24, 2.45) is 0 Å². The first-order chi connectivity index (χ1) is 7.22. The standard InChI is InChI=1S/C8H7Cl2N5/c1-11-7-5(9)2-6(10)8(14-7)15-4-12-3-13-15/h2-4H,1H3,(H,11,14). The van der Waals surface area contributed by atoms with E-state index in [1.165, 1.54) is 17.3 Å². The maximum Gasteiger partial charge on any atom is 0.176 e. The maximum atomic E-state index is 5.99. The van der Waals surface area contributed by atoms with E-state index in [-0.39, 0.29) is 0 Å². The molecule has 2 aromatic heterocycles. The van der Waals surface area contributed by atoms with Gasteiger partial charge < -0.3 is 5.32 Å². The number of aromatic nitrogens is 4. The molecule has 5 nitrogen and oxygen atoms in total. The van der Waals surface area contributed by atoms with E-state index in [0.717, 1.165) is 0 Å². The number of nitrogens with one attached hydrogen (secondary N) is 1. The second kappa shape index (κ2) is 4.04. The summed E-state index contributed by atoms with van der Waals surface area (Å²) in [4.78, 5) is 8.04. The lowest BCUT2D eigenvalue weighted by atomic mass is 10.4. The molecular formula is C8H7Cl2N5. The van der Waals surface area contributed by atoms with Gasteiger partial charge in [-0.2, -0.15) is 5.10 Å². The summed E-state index contributed by atoms with van der Waals surface area (Å²) in [6.45, 7) is 0. The molecule has 0 radical (unpaired) electrons. The van der Waals surface area contributed by atoms with Crippen LogP contribution in [0.4, 0.5) is 5.82 Å². The average Bonchev–Trinajstić information content (AvgIpc) is 2.71. The molecule has 7 heteroatoms. The quantitative estimate of drug-likeness (QED) is 0.877. The van der Waals surface area contributed by atoms with Crippen LogP contribution in [0.3, 0.4) is 0 Å². The molecule has 0 unspecified atom stereocenters. The van der Waals surface area contributed by atoms with Crippen molar-refractivity contribution in [1.29, 1.82) is 0 Å². The Labute approximate surface area is 96.1 Å². The normalized spacial score (nSPS) is 10.3. The van der Waals surface area contributed by atoms with Crippen molar-refractivity contribution >= 4 is 29.0 Å². The van der Waals surface area contributed by atoms with Gasteiger partial charge in [-0.25, -0.2) is 14.6 Å². The Morgan fingerprint density at radius 1 is 1.33 bits per heavy atom. The number of nitrogens with zero attached hydrogens (tertiary/aromatic N) is 4. The molecule has 0 aliphatic rings. The van der Waals surface area contributed by atoms with Gasteiger partial charge in [-0.3, -0.25) is 0 Å². The highest BCUT2D eigenvalue weighted by Gasteiger charge is 2.10. The number of halogens is 2. The Hall–Kier alpha value is -1.33. The Balaban J connectivity index is 2.57. The summed E-state index contributed by atoms with van der Waals surface area (Å²) in [5.41, 5.74) is 0. The molecule has 1 N–H and O–H groups in total. The molecule has 0 aliphatic carbocycles. The summed E-state index contributed by atoms with van der Waals surface area (Å²) < 4.78 is 1.47. The van der Waals surface area contributed by atoms with E-state index in [1.54, 1.807) is 13.1 Å². The van der Waals surface area contributed by atoms with Crippen molar-refractivity contribution in [2.45, 2.75) is 0 Å². The van der Waals surface area contributed by atoms with Gasteiger partial charge in [0.2, 0.25) is 0 Å². The number of pyridine rings is 1. The molecule has 0 bridgehead atoms. The van der Waals surface area contributed by atoms with Gasteiger partial charge >= 0.3 is 0 Å². The van der Waals surface area contributed by atoms with Gasteiger partial charge in [-0.15, -0.1) is 0 Å². The molecule has 0 saturated heterocycles. The molecule has 0 saturated carbocycles. The van der Waals surface area contributed by atoms with Crippen LogP contribution in [-0.2, 0) is 0 Å². The number of hydrogen-bond donors (Lipinski definition) is 1. The predicted molar refractivity (Wildman–Crippen MR) is 58.7 cm³/mol. The average molecular weight is 244 g/mol. The summed E-state index contributed by atoms with van der Waals surface area (Å²) in [6.07, 6.45) is 2.92. The Morgan fingerprint density at radius 2 is 2.13 bits per heavy atom. The molecule has 0 aliphatic heterocycles.